The van der Waals surface area contributed by atoms with E-state index >= 15 is 0 Å². The number of aromatic hydroxyl groups is 1. The lowest BCUT2D eigenvalue weighted by Gasteiger charge is -2.32. The molecule has 0 spiro atoms. The monoisotopic (exact) mass is 444 g/mol. The van der Waals surface area contributed by atoms with Crippen LogP contribution in [-0.4, -0.2) is 34.1 Å². The number of aromatic nitrogens is 2. The molecule has 1 saturated heterocycles. The first-order valence-corrected chi connectivity index (χ1v) is 11.6. The molecule has 4 aromatic rings. The number of phenolic OH excluding ortho intramolecular Hbond substituents is 1. The minimum Gasteiger partial charge on any atom is -0.506 e. The fraction of sp³-hybridized carbons (Fsp3) is 0.240. The molecule has 2 aromatic heterocycles. The molecule has 6 nitrogen and oxygen atoms in total. The zero-order valence-corrected chi connectivity index (χ0v) is 18.6. The molecule has 0 saturated carbocycles. The molecule has 1 aliphatic rings. The highest BCUT2D eigenvalue weighted by atomic mass is 32.1. The van der Waals surface area contributed by atoms with Gasteiger partial charge in [0.05, 0.1) is 11.1 Å². The summed E-state index contributed by atoms with van der Waals surface area (Å²) in [6.07, 6.45) is 1.47. The van der Waals surface area contributed by atoms with Crippen molar-refractivity contribution in [3.05, 3.63) is 66.5 Å². The van der Waals surface area contributed by atoms with Crippen LogP contribution in [0.5, 0.6) is 5.75 Å². The van der Waals surface area contributed by atoms with E-state index in [1.54, 1.807) is 35.6 Å². The van der Waals surface area contributed by atoms with E-state index in [9.17, 15) is 9.90 Å². The van der Waals surface area contributed by atoms with Gasteiger partial charge in [0.15, 0.2) is 0 Å². The van der Waals surface area contributed by atoms with E-state index in [1.165, 1.54) is 10.4 Å². The Balaban J connectivity index is 1.34. The van der Waals surface area contributed by atoms with E-state index < -0.39 is 0 Å². The molecule has 2 N–H and O–H groups in total. The van der Waals surface area contributed by atoms with Crippen molar-refractivity contribution in [3.63, 3.8) is 0 Å². The summed E-state index contributed by atoms with van der Waals surface area (Å²) in [5.74, 6) is 1.66. The Labute approximate surface area is 190 Å². The highest BCUT2D eigenvalue weighted by Gasteiger charge is 2.27. The van der Waals surface area contributed by atoms with Crippen molar-refractivity contribution in [3.8, 4) is 16.2 Å². The van der Waals surface area contributed by atoms with E-state index in [0.717, 1.165) is 47.8 Å². The van der Waals surface area contributed by atoms with E-state index in [0.29, 0.717) is 5.69 Å². The summed E-state index contributed by atoms with van der Waals surface area (Å²) in [5, 5.41) is 13.9. The van der Waals surface area contributed by atoms with Gasteiger partial charge >= 0.3 is 0 Å². The topological polar surface area (TPSA) is 78.4 Å². The summed E-state index contributed by atoms with van der Waals surface area (Å²) >= 11 is 1.69. The number of hydrogen-bond acceptors (Lipinski definition) is 6. The number of amides is 1. The van der Waals surface area contributed by atoms with Crippen LogP contribution < -0.4 is 10.2 Å². The molecule has 1 fully saturated rings. The van der Waals surface area contributed by atoms with Gasteiger partial charge in [0, 0.05) is 23.9 Å². The van der Waals surface area contributed by atoms with Crippen LogP contribution >= 0.6 is 11.3 Å². The summed E-state index contributed by atoms with van der Waals surface area (Å²) in [6.45, 7) is 3.43. The Bertz CT molecular complexity index is 1260. The first-order valence-electron chi connectivity index (χ1n) is 10.8. The highest BCUT2D eigenvalue weighted by molar-refractivity contribution is 7.21. The van der Waals surface area contributed by atoms with Crippen LogP contribution in [0.2, 0.25) is 0 Å². The van der Waals surface area contributed by atoms with Gasteiger partial charge in [-0.2, -0.15) is 0 Å². The molecule has 5 rings (SSSR count). The van der Waals surface area contributed by atoms with Crippen molar-refractivity contribution >= 4 is 39.0 Å². The zero-order valence-electron chi connectivity index (χ0n) is 17.8. The third kappa shape index (κ3) is 4.03. The quantitative estimate of drug-likeness (QED) is 0.422. The van der Waals surface area contributed by atoms with Crippen LogP contribution in [0.3, 0.4) is 0 Å². The molecule has 0 unspecified atom stereocenters. The van der Waals surface area contributed by atoms with Crippen molar-refractivity contribution < 1.29 is 9.90 Å². The Kier molecular flexibility index (Phi) is 5.49. The molecule has 0 bridgehead atoms. The summed E-state index contributed by atoms with van der Waals surface area (Å²) in [6, 6.07) is 19.3. The Morgan fingerprint density at radius 2 is 1.78 bits per heavy atom. The highest BCUT2D eigenvalue weighted by Crippen LogP contribution is 2.37. The second-order valence-electron chi connectivity index (χ2n) is 8.06. The van der Waals surface area contributed by atoms with E-state index in [2.05, 4.69) is 33.4 Å². The van der Waals surface area contributed by atoms with Crippen LogP contribution in [0.15, 0.2) is 60.7 Å². The number of anilines is 2. The number of benzene rings is 2. The van der Waals surface area contributed by atoms with Gasteiger partial charge in [-0.15, -0.1) is 11.3 Å². The summed E-state index contributed by atoms with van der Waals surface area (Å²) in [7, 11) is 0. The average Bonchev–Trinajstić information content (AvgIpc) is 3.25. The van der Waals surface area contributed by atoms with Gasteiger partial charge in [-0.05, 0) is 43.5 Å². The average molecular weight is 445 g/mol. The van der Waals surface area contributed by atoms with Gasteiger partial charge in [-0.3, -0.25) is 4.79 Å². The summed E-state index contributed by atoms with van der Waals surface area (Å²) in [5.41, 5.74) is 1.64. The normalized spacial score (nSPS) is 14.6. The fourth-order valence-electron chi connectivity index (χ4n) is 4.16. The predicted octanol–water partition coefficient (Wildman–Crippen LogP) is 5.23. The summed E-state index contributed by atoms with van der Waals surface area (Å²) in [4.78, 5) is 26.6. The van der Waals surface area contributed by atoms with Crippen molar-refractivity contribution in [1.29, 1.82) is 0 Å². The van der Waals surface area contributed by atoms with Gasteiger partial charge in [0.25, 0.3) is 0 Å². The molecule has 3 heterocycles. The number of para-hydroxylation sites is 2. The molecule has 162 valence electrons. The predicted molar refractivity (Wildman–Crippen MR) is 129 cm³/mol. The van der Waals surface area contributed by atoms with Crippen LogP contribution in [0.1, 0.15) is 18.7 Å². The molecule has 2 aromatic carbocycles. The van der Waals surface area contributed by atoms with E-state index in [1.807, 2.05) is 25.1 Å². The van der Waals surface area contributed by atoms with Gasteiger partial charge in [-0.1, -0.05) is 42.5 Å². The van der Waals surface area contributed by atoms with Crippen LogP contribution in [0.25, 0.3) is 20.7 Å². The number of aryl methyl sites for hydroxylation is 1. The van der Waals surface area contributed by atoms with Gasteiger partial charge < -0.3 is 15.3 Å². The molecule has 7 heteroatoms. The lowest BCUT2D eigenvalue weighted by atomic mass is 9.95. The van der Waals surface area contributed by atoms with Crippen molar-refractivity contribution in [2.75, 3.05) is 23.3 Å². The minimum absolute atomic E-state index is 0.0444. The lowest BCUT2D eigenvalue weighted by molar-refractivity contribution is -0.120. The number of thiophene rings is 1. The number of phenols is 1. The number of nitrogens with one attached hydrogen (secondary N) is 1. The maximum absolute atomic E-state index is 12.7. The van der Waals surface area contributed by atoms with Gasteiger partial charge in [0.1, 0.15) is 22.2 Å². The largest absolute Gasteiger partial charge is 0.506 e. The Hall–Kier alpha value is -3.45. The van der Waals surface area contributed by atoms with Crippen molar-refractivity contribution in [1.82, 2.24) is 9.97 Å². The number of nitrogens with zero attached hydrogens (tertiary/aromatic N) is 3. The van der Waals surface area contributed by atoms with E-state index in [-0.39, 0.29) is 17.6 Å². The Morgan fingerprint density at radius 3 is 2.53 bits per heavy atom. The minimum atomic E-state index is -0.0911. The first-order chi connectivity index (χ1) is 15.6. The summed E-state index contributed by atoms with van der Waals surface area (Å²) < 4.78 is 0. The molecule has 0 radical (unpaired) electrons. The lowest BCUT2D eigenvalue weighted by Crippen LogP contribution is -2.38. The molecule has 1 aliphatic heterocycles. The molecule has 0 aliphatic carbocycles. The maximum atomic E-state index is 12.7. The van der Waals surface area contributed by atoms with Gasteiger partial charge in [-0.25, -0.2) is 9.97 Å². The van der Waals surface area contributed by atoms with Crippen molar-refractivity contribution in [2.24, 2.45) is 5.92 Å². The van der Waals surface area contributed by atoms with Gasteiger partial charge in [0.2, 0.25) is 5.91 Å². The molecule has 32 heavy (non-hydrogen) atoms. The Morgan fingerprint density at radius 1 is 1.06 bits per heavy atom. The molecular weight excluding hydrogens is 420 g/mol. The molecule has 0 atom stereocenters. The number of rotatable bonds is 4. The standard InChI is InChI=1S/C25H24N4O2S/c1-16-26-23(19-15-22(32-25(19)27-16)17-7-3-2-4-8-17)29-13-11-18(12-14-29)24(31)28-20-9-5-6-10-21(20)30/h2-10,15,18,30H,11-14H2,1H3,(H,28,31). The molecular formula is C25H24N4O2S. The number of piperidine rings is 1. The second-order valence-corrected chi connectivity index (χ2v) is 9.09. The van der Waals surface area contributed by atoms with E-state index in [4.69, 9.17) is 4.98 Å². The third-order valence-electron chi connectivity index (χ3n) is 5.87. The number of hydrogen-bond donors (Lipinski definition) is 2. The molecule has 1 amide bonds. The number of carbonyl (C=O) groups excluding carboxylic acids is 1. The van der Waals surface area contributed by atoms with Crippen LogP contribution in [-0.2, 0) is 4.79 Å². The first kappa shape index (κ1) is 20.5. The SMILES string of the molecule is Cc1nc(N2CCC(C(=O)Nc3ccccc3O)CC2)c2cc(-c3ccccc3)sc2n1. The number of carbonyl (C=O) groups is 1. The van der Waals surface area contributed by atoms with Crippen LogP contribution in [0.4, 0.5) is 11.5 Å². The fourth-order valence-corrected chi connectivity index (χ4v) is 5.24. The van der Waals surface area contributed by atoms with Crippen LogP contribution in [0, 0.1) is 12.8 Å². The smallest absolute Gasteiger partial charge is 0.227 e. The zero-order chi connectivity index (χ0) is 22.1. The van der Waals surface area contributed by atoms with Crippen molar-refractivity contribution in [2.45, 2.75) is 19.8 Å². The second kappa shape index (κ2) is 8.59. The number of fused-ring (bicyclic) bond motifs is 1. The maximum Gasteiger partial charge on any atom is 0.227 e. The third-order valence-corrected chi connectivity index (χ3v) is 6.95.